The topological polar surface area (TPSA) is 110 Å². The lowest BCUT2D eigenvalue weighted by molar-refractivity contribution is -0.384. The molecule has 0 atom stereocenters. The van der Waals surface area contributed by atoms with E-state index in [4.69, 9.17) is 0 Å². The molecule has 152 valence electrons. The highest BCUT2D eigenvalue weighted by atomic mass is 32.2. The van der Waals surface area contributed by atoms with E-state index in [0.29, 0.717) is 16.9 Å². The molecule has 0 saturated heterocycles. The number of hydrazone groups is 1. The van der Waals surface area contributed by atoms with E-state index in [0.717, 1.165) is 22.1 Å². The zero-order valence-corrected chi connectivity index (χ0v) is 17.2. The number of hydrogen-bond donors (Lipinski definition) is 1. The standard InChI is InChI=1S/C21H19N5O3S/c1-14-11-15(2)24-21(23-14)30-13-17-3-7-18(8-4-17)20(27)25-22-12-16-5-9-19(10-6-16)26(28)29/h3-12H,13H2,1-2H3,(H,25,27). The predicted molar refractivity (Wildman–Crippen MR) is 116 cm³/mol. The Kier molecular flexibility index (Phi) is 6.87. The van der Waals surface area contributed by atoms with E-state index in [1.54, 1.807) is 36.0 Å². The molecule has 0 aliphatic heterocycles. The average molecular weight is 421 g/mol. The zero-order chi connectivity index (χ0) is 21.5. The molecular weight excluding hydrogens is 402 g/mol. The van der Waals surface area contributed by atoms with E-state index in [9.17, 15) is 14.9 Å². The molecule has 1 amide bonds. The number of rotatable bonds is 7. The molecule has 30 heavy (non-hydrogen) atoms. The predicted octanol–water partition coefficient (Wildman–Crippen LogP) is 4.06. The summed E-state index contributed by atoms with van der Waals surface area (Å²) in [5, 5.41) is 15.3. The van der Waals surface area contributed by atoms with Crippen molar-refractivity contribution < 1.29 is 9.72 Å². The summed E-state index contributed by atoms with van der Waals surface area (Å²) in [7, 11) is 0. The molecule has 1 N–H and O–H groups in total. The van der Waals surface area contributed by atoms with Crippen LogP contribution in [0.2, 0.25) is 0 Å². The number of carbonyl (C=O) groups is 1. The lowest BCUT2D eigenvalue weighted by Crippen LogP contribution is -2.17. The molecule has 0 fully saturated rings. The molecule has 1 heterocycles. The lowest BCUT2D eigenvalue weighted by atomic mass is 10.1. The molecule has 8 nitrogen and oxygen atoms in total. The van der Waals surface area contributed by atoms with Crippen molar-refractivity contribution in [2.24, 2.45) is 5.10 Å². The van der Waals surface area contributed by atoms with Crippen LogP contribution in [0.5, 0.6) is 0 Å². The third kappa shape index (κ3) is 5.95. The first kappa shape index (κ1) is 21.1. The highest BCUT2D eigenvalue weighted by Crippen LogP contribution is 2.20. The van der Waals surface area contributed by atoms with Crippen molar-refractivity contribution in [2.75, 3.05) is 0 Å². The quantitative estimate of drug-likeness (QED) is 0.202. The van der Waals surface area contributed by atoms with Crippen molar-refractivity contribution in [3.8, 4) is 0 Å². The number of nitrogens with zero attached hydrogens (tertiary/aromatic N) is 4. The van der Waals surface area contributed by atoms with Gasteiger partial charge >= 0.3 is 0 Å². The van der Waals surface area contributed by atoms with Gasteiger partial charge in [-0.2, -0.15) is 5.10 Å². The molecule has 0 bridgehead atoms. The second-order valence-electron chi connectivity index (χ2n) is 6.47. The minimum Gasteiger partial charge on any atom is -0.267 e. The van der Waals surface area contributed by atoms with Gasteiger partial charge in [0.05, 0.1) is 11.1 Å². The minimum atomic E-state index is -0.472. The maximum atomic E-state index is 12.2. The van der Waals surface area contributed by atoms with Crippen LogP contribution in [0.3, 0.4) is 0 Å². The van der Waals surface area contributed by atoms with Crippen LogP contribution in [0.25, 0.3) is 0 Å². The van der Waals surface area contributed by atoms with Gasteiger partial charge in [0, 0.05) is 34.8 Å². The molecule has 9 heteroatoms. The molecular formula is C21H19N5O3S. The van der Waals surface area contributed by atoms with Crippen LogP contribution in [-0.4, -0.2) is 27.0 Å². The second kappa shape index (κ2) is 9.75. The molecule has 0 aliphatic carbocycles. The first-order valence-electron chi connectivity index (χ1n) is 9.02. The van der Waals surface area contributed by atoms with Gasteiger partial charge in [0.25, 0.3) is 11.6 Å². The van der Waals surface area contributed by atoms with Crippen LogP contribution < -0.4 is 5.43 Å². The van der Waals surface area contributed by atoms with Crippen molar-refractivity contribution >= 4 is 29.6 Å². The average Bonchev–Trinajstić information content (AvgIpc) is 2.72. The Morgan fingerprint density at radius 3 is 2.33 bits per heavy atom. The van der Waals surface area contributed by atoms with Gasteiger partial charge < -0.3 is 0 Å². The number of thioether (sulfide) groups is 1. The number of non-ortho nitro benzene ring substituents is 1. The smallest absolute Gasteiger partial charge is 0.267 e. The molecule has 1 aromatic heterocycles. The number of nitro benzene ring substituents is 1. The van der Waals surface area contributed by atoms with E-state index >= 15 is 0 Å². The van der Waals surface area contributed by atoms with Crippen molar-refractivity contribution in [3.63, 3.8) is 0 Å². The Labute approximate surface area is 177 Å². The van der Waals surface area contributed by atoms with Gasteiger partial charge in [0.2, 0.25) is 0 Å². The largest absolute Gasteiger partial charge is 0.271 e. The summed E-state index contributed by atoms with van der Waals surface area (Å²) in [5.41, 5.74) is 6.49. The van der Waals surface area contributed by atoms with Gasteiger partial charge in [-0.15, -0.1) is 0 Å². The normalized spacial score (nSPS) is 10.9. The summed E-state index contributed by atoms with van der Waals surface area (Å²) in [5.74, 6) is 0.355. The number of amides is 1. The SMILES string of the molecule is Cc1cc(C)nc(SCc2ccc(C(=O)NN=Cc3ccc([N+](=O)[O-])cc3)cc2)n1. The number of carbonyl (C=O) groups excluding carboxylic acids is 1. The van der Waals surface area contributed by atoms with E-state index < -0.39 is 4.92 Å². The third-order valence-corrected chi connectivity index (χ3v) is 4.95. The fourth-order valence-corrected chi connectivity index (χ4v) is 3.48. The van der Waals surface area contributed by atoms with E-state index in [2.05, 4.69) is 20.5 Å². The highest BCUT2D eigenvalue weighted by molar-refractivity contribution is 7.98. The molecule has 0 saturated carbocycles. The summed E-state index contributed by atoms with van der Waals surface area (Å²) in [6, 6.07) is 15.0. The number of benzene rings is 2. The minimum absolute atomic E-state index is 0.00136. The number of hydrogen-bond acceptors (Lipinski definition) is 7. The fraction of sp³-hybridized carbons (Fsp3) is 0.143. The van der Waals surface area contributed by atoms with Crippen LogP contribution in [0.15, 0.2) is 64.9 Å². The van der Waals surface area contributed by atoms with Gasteiger partial charge in [-0.3, -0.25) is 14.9 Å². The molecule has 0 aliphatic rings. The van der Waals surface area contributed by atoms with Gasteiger partial charge in [-0.25, -0.2) is 15.4 Å². The molecule has 2 aromatic carbocycles. The lowest BCUT2D eigenvalue weighted by Gasteiger charge is -2.05. The molecule has 0 unspecified atom stereocenters. The molecule has 3 aromatic rings. The Hall–Kier alpha value is -3.59. The number of aromatic nitrogens is 2. The summed E-state index contributed by atoms with van der Waals surface area (Å²) in [6.07, 6.45) is 1.43. The van der Waals surface area contributed by atoms with E-state index in [1.165, 1.54) is 18.3 Å². The highest BCUT2D eigenvalue weighted by Gasteiger charge is 2.06. The van der Waals surface area contributed by atoms with E-state index in [1.807, 2.05) is 32.0 Å². The number of aryl methyl sites for hydroxylation is 2. The molecule has 0 spiro atoms. The monoisotopic (exact) mass is 421 g/mol. The van der Waals surface area contributed by atoms with E-state index in [-0.39, 0.29) is 11.6 Å². The fourth-order valence-electron chi connectivity index (χ4n) is 2.57. The Balaban J connectivity index is 1.53. The summed E-state index contributed by atoms with van der Waals surface area (Å²) in [6.45, 7) is 3.88. The van der Waals surface area contributed by atoms with Crippen molar-refractivity contribution in [1.29, 1.82) is 0 Å². The summed E-state index contributed by atoms with van der Waals surface area (Å²) in [4.78, 5) is 31.2. The van der Waals surface area contributed by atoms with Crippen molar-refractivity contribution in [1.82, 2.24) is 15.4 Å². The number of nitro groups is 1. The number of nitrogens with one attached hydrogen (secondary N) is 1. The maximum Gasteiger partial charge on any atom is 0.271 e. The van der Waals surface area contributed by atoms with Crippen LogP contribution in [0.4, 0.5) is 5.69 Å². The summed E-state index contributed by atoms with van der Waals surface area (Å²) >= 11 is 1.54. The Bertz CT molecular complexity index is 1060. The summed E-state index contributed by atoms with van der Waals surface area (Å²) < 4.78 is 0. The zero-order valence-electron chi connectivity index (χ0n) is 16.4. The van der Waals surface area contributed by atoms with Gasteiger partial charge in [-0.05, 0) is 55.3 Å². The Morgan fingerprint density at radius 2 is 1.73 bits per heavy atom. The van der Waals surface area contributed by atoms with Crippen LogP contribution in [0.1, 0.15) is 32.9 Å². The van der Waals surface area contributed by atoms with Gasteiger partial charge in [-0.1, -0.05) is 23.9 Å². The molecule has 3 rings (SSSR count). The molecule has 0 radical (unpaired) electrons. The van der Waals surface area contributed by atoms with Crippen molar-refractivity contribution in [3.05, 3.63) is 92.8 Å². The van der Waals surface area contributed by atoms with Crippen LogP contribution >= 0.6 is 11.8 Å². The van der Waals surface area contributed by atoms with Crippen LogP contribution in [-0.2, 0) is 5.75 Å². The van der Waals surface area contributed by atoms with Crippen LogP contribution in [0, 0.1) is 24.0 Å². The van der Waals surface area contributed by atoms with Crippen molar-refractivity contribution in [2.45, 2.75) is 24.8 Å². The first-order chi connectivity index (χ1) is 14.4. The third-order valence-electron chi connectivity index (χ3n) is 4.03. The Morgan fingerprint density at radius 1 is 1.10 bits per heavy atom. The second-order valence-corrected chi connectivity index (χ2v) is 7.41. The van der Waals surface area contributed by atoms with Gasteiger partial charge in [0.15, 0.2) is 5.16 Å². The first-order valence-corrected chi connectivity index (χ1v) is 10.0. The van der Waals surface area contributed by atoms with Gasteiger partial charge in [0.1, 0.15) is 0 Å². The maximum absolute atomic E-state index is 12.2.